The van der Waals surface area contributed by atoms with Crippen LogP contribution >= 0.6 is 7.14 Å². The molecule has 0 heterocycles. The molecule has 6 aromatic rings. The van der Waals surface area contributed by atoms with Crippen molar-refractivity contribution in [2.24, 2.45) is 0 Å². The molecule has 0 amide bonds. The van der Waals surface area contributed by atoms with Gasteiger partial charge in [0, 0.05) is 16.4 Å². The van der Waals surface area contributed by atoms with Crippen LogP contribution in [0, 0.1) is 13.8 Å². The fraction of sp³-hybridized carbons (Fsp3) is 0.0556. The Morgan fingerprint density at radius 2 is 0.900 bits per heavy atom. The third-order valence-electron chi connectivity index (χ3n) is 7.61. The fourth-order valence-electron chi connectivity index (χ4n) is 5.46. The van der Waals surface area contributed by atoms with Gasteiger partial charge in [-0.1, -0.05) is 127 Å². The minimum atomic E-state index is -4.35. The zero-order chi connectivity index (χ0) is 27.9. The molecule has 3 nitrogen and oxygen atoms in total. The lowest BCUT2D eigenvalue weighted by atomic mass is 10.0. The molecule has 0 unspecified atom stereocenters. The molecular formula is C36H27O3P. The maximum Gasteiger partial charge on any atom is 0.248 e. The molecule has 0 atom stereocenters. The number of hydrogen-bond donors (Lipinski definition) is 0. The highest BCUT2D eigenvalue weighted by Gasteiger charge is 2.44. The van der Waals surface area contributed by atoms with Gasteiger partial charge in [-0.15, -0.1) is 0 Å². The fourth-order valence-corrected chi connectivity index (χ4v) is 7.91. The quantitative estimate of drug-likeness (QED) is 0.199. The Morgan fingerprint density at radius 1 is 0.475 bits per heavy atom. The summed E-state index contributed by atoms with van der Waals surface area (Å²) in [5.74, 6) is 0. The Balaban J connectivity index is 1.60. The van der Waals surface area contributed by atoms with Gasteiger partial charge in [0.1, 0.15) is 0 Å². The van der Waals surface area contributed by atoms with E-state index in [1.807, 2.05) is 129 Å². The van der Waals surface area contributed by atoms with Gasteiger partial charge in [-0.3, -0.25) is 9.59 Å². The van der Waals surface area contributed by atoms with Crippen LogP contribution < -0.4 is 5.30 Å². The first-order chi connectivity index (χ1) is 19.4. The molecule has 0 aromatic heterocycles. The summed E-state index contributed by atoms with van der Waals surface area (Å²) in [4.78, 5) is 29.3. The van der Waals surface area contributed by atoms with E-state index in [-0.39, 0.29) is 5.30 Å². The molecule has 6 aromatic carbocycles. The van der Waals surface area contributed by atoms with E-state index in [0.29, 0.717) is 33.0 Å². The number of aryl methyl sites for hydroxylation is 2. The molecule has 4 heteroatoms. The number of rotatable bonds is 6. The Morgan fingerprint density at radius 3 is 1.40 bits per heavy atom. The average molecular weight is 539 g/mol. The van der Waals surface area contributed by atoms with E-state index < -0.39 is 18.2 Å². The van der Waals surface area contributed by atoms with E-state index in [1.165, 1.54) is 0 Å². The van der Waals surface area contributed by atoms with Gasteiger partial charge in [-0.25, -0.2) is 0 Å². The van der Waals surface area contributed by atoms with Gasteiger partial charge in [0.05, 0.1) is 0 Å². The second-order valence-electron chi connectivity index (χ2n) is 10.1. The normalized spacial score (nSPS) is 11.6. The van der Waals surface area contributed by atoms with Crippen LogP contribution in [0.5, 0.6) is 0 Å². The lowest BCUT2D eigenvalue weighted by Gasteiger charge is -2.21. The first-order valence-electron chi connectivity index (χ1n) is 13.2. The second-order valence-corrected chi connectivity index (χ2v) is 12.6. The van der Waals surface area contributed by atoms with Crippen molar-refractivity contribution in [3.05, 3.63) is 150 Å². The number of fused-ring (bicyclic) bond motifs is 2. The van der Waals surface area contributed by atoms with Gasteiger partial charge < -0.3 is 4.57 Å². The standard InChI is InChI=1S/C36H27O3P/c1-24-16-18-28-12-6-8-14-31(28)33(24)35(37)40(39,30-22-20-27(21-23-30)26-10-4-3-5-11-26)36(38)34-25(2)17-19-29-13-7-9-15-32(29)34/h3-23H,1-2H3. The van der Waals surface area contributed by atoms with E-state index in [4.69, 9.17) is 0 Å². The maximum atomic E-state index is 15.4. The number of hydrogen-bond acceptors (Lipinski definition) is 3. The lowest BCUT2D eigenvalue weighted by Crippen LogP contribution is -2.22. The first-order valence-corrected chi connectivity index (χ1v) is 14.9. The Hall–Kier alpha value is -4.59. The molecule has 0 aliphatic heterocycles. The van der Waals surface area contributed by atoms with Crippen LogP contribution in [-0.2, 0) is 4.57 Å². The predicted octanol–water partition coefficient (Wildman–Crippen LogP) is 8.95. The van der Waals surface area contributed by atoms with Crippen LogP contribution in [-0.4, -0.2) is 11.0 Å². The minimum absolute atomic E-state index is 0.238. The number of carbonyl (C=O) groups is 2. The molecule has 0 aliphatic carbocycles. The van der Waals surface area contributed by atoms with Crippen molar-refractivity contribution in [1.82, 2.24) is 0 Å². The van der Waals surface area contributed by atoms with Gasteiger partial charge in [0.15, 0.2) is 0 Å². The van der Waals surface area contributed by atoms with E-state index in [1.54, 1.807) is 12.1 Å². The van der Waals surface area contributed by atoms with Crippen molar-refractivity contribution < 1.29 is 14.2 Å². The summed E-state index contributed by atoms with van der Waals surface area (Å²) in [7, 11) is -4.35. The molecular weight excluding hydrogens is 511 g/mol. The van der Waals surface area contributed by atoms with Crippen LogP contribution in [0.4, 0.5) is 0 Å². The summed E-state index contributed by atoms with van der Waals surface area (Å²) in [6.45, 7) is 3.66. The van der Waals surface area contributed by atoms with Gasteiger partial charge in [0.2, 0.25) is 18.2 Å². The highest BCUT2D eigenvalue weighted by molar-refractivity contribution is 8.01. The van der Waals surface area contributed by atoms with Crippen LogP contribution in [0.15, 0.2) is 127 Å². The SMILES string of the molecule is Cc1ccc2ccccc2c1C(=O)P(=O)(C(=O)c1c(C)ccc2ccccc12)c1ccc(-c2ccccc2)cc1. The van der Waals surface area contributed by atoms with E-state index in [0.717, 1.165) is 21.9 Å². The molecule has 0 bridgehead atoms. The lowest BCUT2D eigenvalue weighted by molar-refractivity contribution is 0.104. The van der Waals surface area contributed by atoms with Gasteiger partial charge in [-0.2, -0.15) is 0 Å². The second kappa shape index (κ2) is 10.2. The molecule has 6 rings (SSSR count). The minimum Gasteiger partial charge on any atom is -0.302 e. The van der Waals surface area contributed by atoms with Gasteiger partial charge in [-0.05, 0) is 57.6 Å². The van der Waals surface area contributed by atoms with E-state index in [9.17, 15) is 9.59 Å². The molecule has 40 heavy (non-hydrogen) atoms. The van der Waals surface area contributed by atoms with Crippen molar-refractivity contribution in [1.29, 1.82) is 0 Å². The molecule has 0 saturated carbocycles. The van der Waals surface area contributed by atoms with Crippen molar-refractivity contribution in [3.8, 4) is 11.1 Å². The molecule has 0 radical (unpaired) electrons. The van der Waals surface area contributed by atoms with Crippen molar-refractivity contribution in [2.75, 3.05) is 0 Å². The highest BCUT2D eigenvalue weighted by atomic mass is 31.2. The monoisotopic (exact) mass is 538 g/mol. The maximum absolute atomic E-state index is 15.4. The molecule has 0 N–H and O–H groups in total. The van der Waals surface area contributed by atoms with E-state index >= 15 is 4.57 Å². The van der Waals surface area contributed by atoms with Gasteiger partial charge >= 0.3 is 0 Å². The summed E-state index contributed by atoms with van der Waals surface area (Å²) in [6, 6.07) is 39.5. The van der Waals surface area contributed by atoms with Crippen molar-refractivity contribution >= 4 is 45.0 Å². The molecule has 0 fully saturated rings. The van der Waals surface area contributed by atoms with Crippen molar-refractivity contribution in [2.45, 2.75) is 13.8 Å². The van der Waals surface area contributed by atoms with Crippen LogP contribution in [0.3, 0.4) is 0 Å². The summed E-state index contributed by atoms with van der Waals surface area (Å²) in [6.07, 6.45) is 0. The van der Waals surface area contributed by atoms with Crippen LogP contribution in [0.1, 0.15) is 31.8 Å². The zero-order valence-corrected chi connectivity index (χ0v) is 23.2. The Bertz CT molecular complexity index is 1870. The summed E-state index contributed by atoms with van der Waals surface area (Å²) >= 11 is 0. The molecule has 0 saturated heterocycles. The third kappa shape index (κ3) is 4.20. The van der Waals surface area contributed by atoms with Crippen LogP contribution in [0.2, 0.25) is 0 Å². The predicted molar refractivity (Wildman–Crippen MR) is 165 cm³/mol. The zero-order valence-electron chi connectivity index (χ0n) is 22.3. The van der Waals surface area contributed by atoms with E-state index in [2.05, 4.69) is 0 Å². The van der Waals surface area contributed by atoms with Crippen molar-refractivity contribution in [3.63, 3.8) is 0 Å². The van der Waals surface area contributed by atoms with Crippen LogP contribution in [0.25, 0.3) is 32.7 Å². The third-order valence-corrected chi connectivity index (χ3v) is 10.2. The molecule has 0 spiro atoms. The Kier molecular flexibility index (Phi) is 6.54. The first kappa shape index (κ1) is 25.7. The Labute approximate surface area is 233 Å². The average Bonchev–Trinajstić information content (AvgIpc) is 3.00. The summed E-state index contributed by atoms with van der Waals surface area (Å²) in [5, 5.41) is 3.33. The highest BCUT2D eigenvalue weighted by Crippen LogP contribution is 2.53. The van der Waals surface area contributed by atoms with Gasteiger partial charge in [0.25, 0.3) is 0 Å². The summed E-state index contributed by atoms with van der Waals surface area (Å²) < 4.78 is 15.4. The number of benzene rings is 6. The number of carbonyl (C=O) groups excluding carboxylic acids is 2. The smallest absolute Gasteiger partial charge is 0.248 e. The molecule has 194 valence electrons. The molecule has 0 aliphatic rings. The topological polar surface area (TPSA) is 51.2 Å². The summed E-state index contributed by atoms with van der Waals surface area (Å²) in [5.41, 5.74) is 2.69. The largest absolute Gasteiger partial charge is 0.302 e.